The molecule has 0 saturated carbocycles. The van der Waals surface area contributed by atoms with Crippen LogP contribution in [0.3, 0.4) is 0 Å². The first-order valence-electron chi connectivity index (χ1n) is 6.55. The molecule has 2 nitrogen and oxygen atoms in total. The van der Waals surface area contributed by atoms with Gasteiger partial charge in [0, 0.05) is 23.9 Å². The van der Waals surface area contributed by atoms with Gasteiger partial charge < -0.3 is 10.1 Å². The Morgan fingerprint density at radius 1 is 1.18 bits per heavy atom. The number of hydrogen-bond acceptors (Lipinski definition) is 2. The molecule has 0 aromatic heterocycles. The van der Waals surface area contributed by atoms with Crippen molar-refractivity contribution in [1.82, 2.24) is 0 Å². The van der Waals surface area contributed by atoms with Crippen LogP contribution in [-0.2, 0) is 11.3 Å². The second kappa shape index (κ2) is 7.33. The number of nitrogens with one attached hydrogen (secondary N) is 1. The fraction of sp³-hybridized carbons (Fsp3) is 0.600. The summed E-state index contributed by atoms with van der Waals surface area (Å²) in [6.45, 7) is 10.2. The van der Waals surface area contributed by atoms with Gasteiger partial charge >= 0.3 is 0 Å². The summed E-state index contributed by atoms with van der Waals surface area (Å²) in [5.41, 5.74) is 2.44. The maximum Gasteiger partial charge on any atom is 0.0736 e. The number of para-hydroxylation sites is 1. The summed E-state index contributed by atoms with van der Waals surface area (Å²) in [7, 11) is 0. The second-order valence-corrected chi connectivity index (χ2v) is 4.97. The van der Waals surface area contributed by atoms with Crippen LogP contribution in [0.15, 0.2) is 24.3 Å². The molecule has 0 heterocycles. The van der Waals surface area contributed by atoms with E-state index in [0.29, 0.717) is 12.6 Å². The predicted octanol–water partition coefficient (Wildman–Crippen LogP) is 4.07. The van der Waals surface area contributed by atoms with Crippen LogP contribution in [0.5, 0.6) is 0 Å². The summed E-state index contributed by atoms with van der Waals surface area (Å²) in [4.78, 5) is 0. The highest BCUT2D eigenvalue weighted by atomic mass is 16.5. The number of benzene rings is 1. The first-order valence-corrected chi connectivity index (χ1v) is 6.55. The summed E-state index contributed by atoms with van der Waals surface area (Å²) in [5, 5.41) is 3.57. The standard InChI is InChI=1S/C15H25NO/c1-5-17-11-14-8-6-7-9-15(14)16-13(4)10-12(2)3/h6-9,12-13,16H,5,10-11H2,1-4H3. The van der Waals surface area contributed by atoms with Gasteiger partial charge in [-0.2, -0.15) is 0 Å². The Morgan fingerprint density at radius 3 is 2.53 bits per heavy atom. The van der Waals surface area contributed by atoms with Crippen molar-refractivity contribution in [2.24, 2.45) is 5.92 Å². The summed E-state index contributed by atoms with van der Waals surface area (Å²) in [5.74, 6) is 0.719. The van der Waals surface area contributed by atoms with Gasteiger partial charge in [0.15, 0.2) is 0 Å². The van der Waals surface area contributed by atoms with Gasteiger partial charge in [0.25, 0.3) is 0 Å². The second-order valence-electron chi connectivity index (χ2n) is 4.97. The first-order chi connectivity index (χ1) is 8.13. The summed E-state index contributed by atoms with van der Waals surface area (Å²) in [6, 6.07) is 8.88. The third-order valence-corrected chi connectivity index (χ3v) is 2.71. The SMILES string of the molecule is CCOCc1ccccc1NC(C)CC(C)C. The van der Waals surface area contributed by atoms with Gasteiger partial charge in [0.05, 0.1) is 6.61 Å². The predicted molar refractivity (Wildman–Crippen MR) is 74.3 cm³/mol. The molecule has 17 heavy (non-hydrogen) atoms. The molecule has 0 fully saturated rings. The van der Waals surface area contributed by atoms with E-state index in [0.717, 1.165) is 12.5 Å². The lowest BCUT2D eigenvalue weighted by molar-refractivity contribution is 0.134. The van der Waals surface area contributed by atoms with Crippen molar-refractivity contribution >= 4 is 5.69 Å². The molecule has 1 aromatic carbocycles. The van der Waals surface area contributed by atoms with Crippen LogP contribution in [0.4, 0.5) is 5.69 Å². The fourth-order valence-corrected chi connectivity index (χ4v) is 2.03. The molecule has 0 spiro atoms. The molecule has 0 aliphatic carbocycles. The van der Waals surface area contributed by atoms with Gasteiger partial charge in [0.1, 0.15) is 0 Å². The van der Waals surface area contributed by atoms with E-state index in [1.54, 1.807) is 0 Å². The quantitative estimate of drug-likeness (QED) is 0.769. The summed E-state index contributed by atoms with van der Waals surface area (Å²) in [6.07, 6.45) is 1.18. The average molecular weight is 235 g/mol. The molecule has 0 amide bonds. The van der Waals surface area contributed by atoms with Crippen molar-refractivity contribution in [2.75, 3.05) is 11.9 Å². The molecular weight excluding hydrogens is 210 g/mol. The minimum absolute atomic E-state index is 0.498. The topological polar surface area (TPSA) is 21.3 Å². The van der Waals surface area contributed by atoms with Crippen molar-refractivity contribution in [2.45, 2.75) is 46.8 Å². The van der Waals surface area contributed by atoms with Crippen LogP contribution in [0, 0.1) is 5.92 Å². The van der Waals surface area contributed by atoms with Gasteiger partial charge in [-0.1, -0.05) is 32.0 Å². The van der Waals surface area contributed by atoms with Gasteiger partial charge in [-0.15, -0.1) is 0 Å². The first kappa shape index (κ1) is 14.0. The van der Waals surface area contributed by atoms with Crippen LogP contribution >= 0.6 is 0 Å². The summed E-state index contributed by atoms with van der Waals surface area (Å²) < 4.78 is 5.48. The fourth-order valence-electron chi connectivity index (χ4n) is 2.03. The van der Waals surface area contributed by atoms with Crippen molar-refractivity contribution in [3.8, 4) is 0 Å². The molecule has 96 valence electrons. The Bertz CT molecular complexity index is 322. The molecule has 1 rings (SSSR count). The van der Waals surface area contributed by atoms with Crippen LogP contribution in [-0.4, -0.2) is 12.6 Å². The Balaban J connectivity index is 2.62. The lowest BCUT2D eigenvalue weighted by atomic mass is 10.0. The molecule has 1 atom stereocenters. The third-order valence-electron chi connectivity index (χ3n) is 2.71. The van der Waals surface area contributed by atoms with Crippen molar-refractivity contribution in [3.63, 3.8) is 0 Å². The Hall–Kier alpha value is -1.02. The van der Waals surface area contributed by atoms with Crippen molar-refractivity contribution < 1.29 is 4.74 Å². The number of anilines is 1. The zero-order chi connectivity index (χ0) is 12.7. The zero-order valence-corrected chi connectivity index (χ0v) is 11.5. The van der Waals surface area contributed by atoms with Crippen LogP contribution in [0.2, 0.25) is 0 Å². The van der Waals surface area contributed by atoms with E-state index in [1.165, 1.54) is 17.7 Å². The molecule has 1 aromatic rings. The van der Waals surface area contributed by atoms with E-state index in [1.807, 2.05) is 6.92 Å². The van der Waals surface area contributed by atoms with Gasteiger partial charge in [0.2, 0.25) is 0 Å². The average Bonchev–Trinajstić information content (AvgIpc) is 2.26. The minimum atomic E-state index is 0.498. The molecule has 1 unspecified atom stereocenters. The molecule has 2 heteroatoms. The highest BCUT2D eigenvalue weighted by Crippen LogP contribution is 2.19. The maximum absolute atomic E-state index is 5.48. The molecule has 1 N–H and O–H groups in total. The Labute approximate surface area is 105 Å². The number of ether oxygens (including phenoxy) is 1. The lowest BCUT2D eigenvalue weighted by Crippen LogP contribution is -2.18. The van der Waals surface area contributed by atoms with E-state index in [9.17, 15) is 0 Å². The Kier molecular flexibility index (Phi) is 6.06. The van der Waals surface area contributed by atoms with Gasteiger partial charge in [-0.25, -0.2) is 0 Å². The lowest BCUT2D eigenvalue weighted by Gasteiger charge is -2.19. The molecular formula is C15H25NO. The van der Waals surface area contributed by atoms with Gasteiger partial charge in [-0.3, -0.25) is 0 Å². The highest BCUT2D eigenvalue weighted by molar-refractivity contribution is 5.51. The monoisotopic (exact) mass is 235 g/mol. The maximum atomic E-state index is 5.48. The van der Waals surface area contributed by atoms with E-state index in [4.69, 9.17) is 4.74 Å². The largest absolute Gasteiger partial charge is 0.382 e. The van der Waals surface area contributed by atoms with E-state index < -0.39 is 0 Å². The molecule has 0 saturated heterocycles. The normalized spacial score (nSPS) is 12.8. The third kappa shape index (κ3) is 5.22. The molecule has 0 aliphatic heterocycles. The number of hydrogen-bond donors (Lipinski definition) is 1. The minimum Gasteiger partial charge on any atom is -0.382 e. The van der Waals surface area contributed by atoms with E-state index in [2.05, 4.69) is 50.4 Å². The van der Waals surface area contributed by atoms with Crippen molar-refractivity contribution in [1.29, 1.82) is 0 Å². The molecule has 0 radical (unpaired) electrons. The van der Waals surface area contributed by atoms with Crippen LogP contribution in [0.1, 0.15) is 39.7 Å². The summed E-state index contributed by atoms with van der Waals surface area (Å²) >= 11 is 0. The molecule has 0 bridgehead atoms. The highest BCUT2D eigenvalue weighted by Gasteiger charge is 2.07. The molecule has 0 aliphatic rings. The number of rotatable bonds is 7. The van der Waals surface area contributed by atoms with Gasteiger partial charge in [-0.05, 0) is 32.3 Å². The van der Waals surface area contributed by atoms with Crippen LogP contribution < -0.4 is 5.32 Å². The zero-order valence-electron chi connectivity index (χ0n) is 11.5. The smallest absolute Gasteiger partial charge is 0.0736 e. The van der Waals surface area contributed by atoms with E-state index >= 15 is 0 Å². The van der Waals surface area contributed by atoms with E-state index in [-0.39, 0.29) is 0 Å². The van der Waals surface area contributed by atoms with Crippen LogP contribution in [0.25, 0.3) is 0 Å². The van der Waals surface area contributed by atoms with Crippen molar-refractivity contribution in [3.05, 3.63) is 29.8 Å². The Morgan fingerprint density at radius 2 is 1.88 bits per heavy atom.